The van der Waals surface area contributed by atoms with Crippen LogP contribution in [0.1, 0.15) is 13.8 Å². The van der Waals surface area contributed by atoms with E-state index in [2.05, 4.69) is 5.32 Å². The van der Waals surface area contributed by atoms with Crippen molar-refractivity contribution in [3.63, 3.8) is 0 Å². The van der Waals surface area contributed by atoms with Crippen molar-refractivity contribution >= 4 is 5.91 Å². The maximum atomic E-state index is 10.7. The molecule has 1 amide bonds. The summed E-state index contributed by atoms with van der Waals surface area (Å²) in [6.45, 7) is 3.47. The Bertz CT molecular complexity index is 136. The van der Waals surface area contributed by atoms with Crippen LogP contribution in [0.15, 0.2) is 0 Å². The van der Waals surface area contributed by atoms with E-state index in [9.17, 15) is 9.90 Å². The monoisotopic (exact) mass is 161 g/mol. The number of hydrogen-bond donors (Lipinski definition) is 3. The Morgan fingerprint density at radius 3 is 2.09 bits per heavy atom. The number of aliphatic hydroxyl groups is 2. The maximum Gasteiger partial charge on any atom is 0.251 e. The van der Waals surface area contributed by atoms with Gasteiger partial charge in [0.05, 0.1) is 6.10 Å². The van der Waals surface area contributed by atoms with Crippen molar-refractivity contribution in [2.75, 3.05) is 7.05 Å². The largest absolute Gasteiger partial charge is 0.390 e. The van der Waals surface area contributed by atoms with Gasteiger partial charge in [0.1, 0.15) is 0 Å². The Labute approximate surface area is 66.2 Å². The molecule has 0 bridgehead atoms. The first-order valence-electron chi connectivity index (χ1n) is 3.58. The van der Waals surface area contributed by atoms with Crippen LogP contribution < -0.4 is 5.32 Å². The van der Waals surface area contributed by atoms with Gasteiger partial charge >= 0.3 is 0 Å². The summed E-state index contributed by atoms with van der Waals surface area (Å²) in [4.78, 5) is 10.7. The summed E-state index contributed by atoms with van der Waals surface area (Å²) in [7, 11) is 1.42. The number of carbonyl (C=O) groups is 1. The van der Waals surface area contributed by atoms with E-state index in [0.29, 0.717) is 0 Å². The summed E-state index contributed by atoms with van der Waals surface area (Å²) in [5, 5.41) is 20.5. The highest BCUT2D eigenvalue weighted by atomic mass is 16.3. The van der Waals surface area contributed by atoms with Gasteiger partial charge in [-0.15, -0.1) is 0 Å². The van der Waals surface area contributed by atoms with Crippen LogP contribution in [-0.2, 0) is 4.79 Å². The highest BCUT2D eigenvalue weighted by Crippen LogP contribution is 2.05. The van der Waals surface area contributed by atoms with Gasteiger partial charge in [0.25, 0.3) is 5.91 Å². The molecule has 0 spiro atoms. The fourth-order valence-electron chi connectivity index (χ4n) is 0.668. The zero-order valence-electron chi connectivity index (χ0n) is 7.03. The van der Waals surface area contributed by atoms with Gasteiger partial charge in [-0.2, -0.15) is 0 Å². The van der Waals surface area contributed by atoms with Gasteiger partial charge in [0.15, 0.2) is 6.10 Å². The van der Waals surface area contributed by atoms with Crippen molar-refractivity contribution < 1.29 is 15.0 Å². The van der Waals surface area contributed by atoms with Crippen molar-refractivity contribution in [2.45, 2.75) is 26.1 Å². The van der Waals surface area contributed by atoms with Crippen LogP contribution in [-0.4, -0.2) is 35.4 Å². The molecule has 0 saturated carbocycles. The lowest BCUT2D eigenvalue weighted by atomic mass is 10.0. The molecule has 0 aromatic heterocycles. The Kier molecular flexibility index (Phi) is 4.07. The van der Waals surface area contributed by atoms with E-state index in [0.717, 1.165) is 0 Å². The lowest BCUT2D eigenvalue weighted by Gasteiger charge is -2.19. The minimum atomic E-state index is -1.32. The molecule has 0 rings (SSSR count). The SMILES string of the molecule is CNC(=O)[C@H](O)[C@@H](O)C(C)C. The molecule has 0 aliphatic rings. The van der Waals surface area contributed by atoms with Crippen LogP contribution in [0.2, 0.25) is 0 Å². The quantitative estimate of drug-likeness (QED) is 0.503. The number of hydrogen-bond acceptors (Lipinski definition) is 3. The lowest BCUT2D eigenvalue weighted by Crippen LogP contribution is -2.42. The molecule has 11 heavy (non-hydrogen) atoms. The number of rotatable bonds is 3. The Morgan fingerprint density at radius 2 is 1.82 bits per heavy atom. The van der Waals surface area contributed by atoms with Crippen LogP contribution in [0.3, 0.4) is 0 Å². The number of amides is 1. The summed E-state index contributed by atoms with van der Waals surface area (Å²) in [6.07, 6.45) is -2.31. The fourth-order valence-corrected chi connectivity index (χ4v) is 0.668. The minimum absolute atomic E-state index is 0.123. The highest BCUT2D eigenvalue weighted by molar-refractivity contribution is 5.80. The molecule has 0 saturated heterocycles. The fraction of sp³-hybridized carbons (Fsp3) is 0.857. The zero-order chi connectivity index (χ0) is 9.02. The third-order valence-electron chi connectivity index (χ3n) is 1.52. The van der Waals surface area contributed by atoms with Crippen molar-refractivity contribution in [1.29, 1.82) is 0 Å². The topological polar surface area (TPSA) is 69.6 Å². The first-order chi connectivity index (χ1) is 5.00. The summed E-state index contributed by atoms with van der Waals surface area (Å²) < 4.78 is 0. The molecule has 0 radical (unpaired) electrons. The first kappa shape index (κ1) is 10.4. The van der Waals surface area contributed by atoms with Gasteiger partial charge in [-0.25, -0.2) is 0 Å². The first-order valence-corrected chi connectivity index (χ1v) is 3.58. The average molecular weight is 161 g/mol. The second-order valence-electron chi connectivity index (χ2n) is 2.79. The molecule has 0 fully saturated rings. The predicted octanol–water partition coefficient (Wildman–Crippen LogP) is -0.890. The standard InChI is InChI=1S/C7H15NO3/c1-4(2)5(9)6(10)7(11)8-3/h4-6,9-10H,1-3H3,(H,8,11)/t5-,6+/m0/s1. The summed E-state index contributed by atoms with van der Waals surface area (Å²) in [5.74, 6) is -0.673. The number of aliphatic hydroxyl groups excluding tert-OH is 2. The maximum absolute atomic E-state index is 10.7. The second kappa shape index (κ2) is 4.31. The number of nitrogens with one attached hydrogen (secondary N) is 1. The molecule has 0 aromatic rings. The van der Waals surface area contributed by atoms with Crippen molar-refractivity contribution in [2.24, 2.45) is 5.92 Å². The molecule has 0 heterocycles. The van der Waals surface area contributed by atoms with Gasteiger partial charge < -0.3 is 15.5 Å². The zero-order valence-corrected chi connectivity index (χ0v) is 7.03. The molecule has 66 valence electrons. The number of likely N-dealkylation sites (N-methyl/N-ethyl adjacent to an activating group) is 1. The molecule has 0 aromatic carbocycles. The molecule has 4 nitrogen and oxygen atoms in total. The Balaban J connectivity index is 4.01. The molecule has 4 heteroatoms. The van der Waals surface area contributed by atoms with Gasteiger partial charge in [-0.1, -0.05) is 13.8 Å². The smallest absolute Gasteiger partial charge is 0.251 e. The molecule has 3 N–H and O–H groups in total. The van der Waals surface area contributed by atoms with E-state index < -0.39 is 18.1 Å². The van der Waals surface area contributed by atoms with Crippen LogP contribution >= 0.6 is 0 Å². The Hall–Kier alpha value is -0.610. The summed E-state index contributed by atoms with van der Waals surface area (Å²) >= 11 is 0. The van der Waals surface area contributed by atoms with E-state index in [1.807, 2.05) is 0 Å². The third kappa shape index (κ3) is 2.86. The average Bonchev–Trinajstić information content (AvgIpc) is 2.00. The molecular weight excluding hydrogens is 146 g/mol. The molecule has 0 unspecified atom stereocenters. The van der Waals surface area contributed by atoms with Gasteiger partial charge in [0, 0.05) is 7.05 Å². The Morgan fingerprint density at radius 1 is 1.36 bits per heavy atom. The highest BCUT2D eigenvalue weighted by Gasteiger charge is 2.25. The summed E-state index contributed by atoms with van der Waals surface area (Å²) in [6, 6.07) is 0. The lowest BCUT2D eigenvalue weighted by molar-refractivity contribution is -0.136. The van der Waals surface area contributed by atoms with Gasteiger partial charge in [0.2, 0.25) is 0 Å². The van der Waals surface area contributed by atoms with E-state index in [1.165, 1.54) is 7.05 Å². The van der Waals surface area contributed by atoms with Gasteiger partial charge in [-0.3, -0.25) is 4.79 Å². The van der Waals surface area contributed by atoms with E-state index in [-0.39, 0.29) is 5.92 Å². The van der Waals surface area contributed by atoms with Crippen molar-refractivity contribution in [3.05, 3.63) is 0 Å². The van der Waals surface area contributed by atoms with Crippen LogP contribution in [0.25, 0.3) is 0 Å². The molecule has 2 atom stereocenters. The van der Waals surface area contributed by atoms with E-state index in [4.69, 9.17) is 5.11 Å². The van der Waals surface area contributed by atoms with Crippen LogP contribution in [0.4, 0.5) is 0 Å². The van der Waals surface area contributed by atoms with Crippen molar-refractivity contribution in [1.82, 2.24) is 5.32 Å². The predicted molar refractivity (Wildman–Crippen MR) is 40.9 cm³/mol. The normalized spacial score (nSPS) is 16.2. The van der Waals surface area contributed by atoms with Crippen molar-refractivity contribution in [3.8, 4) is 0 Å². The van der Waals surface area contributed by atoms with Gasteiger partial charge in [-0.05, 0) is 5.92 Å². The van der Waals surface area contributed by atoms with Crippen LogP contribution in [0.5, 0.6) is 0 Å². The second-order valence-corrected chi connectivity index (χ2v) is 2.79. The van der Waals surface area contributed by atoms with Crippen LogP contribution in [0, 0.1) is 5.92 Å². The number of carbonyl (C=O) groups excluding carboxylic acids is 1. The minimum Gasteiger partial charge on any atom is -0.390 e. The third-order valence-corrected chi connectivity index (χ3v) is 1.52. The van der Waals surface area contributed by atoms with E-state index in [1.54, 1.807) is 13.8 Å². The molecule has 0 aliphatic heterocycles. The molecule has 0 aliphatic carbocycles. The summed E-state index contributed by atoms with van der Waals surface area (Å²) in [5.41, 5.74) is 0. The van der Waals surface area contributed by atoms with E-state index >= 15 is 0 Å². The molecular formula is C7H15NO3.